The number of sulfonamides is 1. The number of methoxy groups -OCH3 is 1. The van der Waals surface area contributed by atoms with Gasteiger partial charge >= 0.3 is 0 Å². The Bertz CT molecular complexity index is 743. The number of anilines is 2. The van der Waals surface area contributed by atoms with Gasteiger partial charge in [0.05, 0.1) is 12.9 Å². The Morgan fingerprint density at radius 3 is 2.39 bits per heavy atom. The van der Waals surface area contributed by atoms with E-state index in [2.05, 4.69) is 10.0 Å². The van der Waals surface area contributed by atoms with E-state index in [1.54, 1.807) is 26.2 Å². The molecular formula is C17H22N2O3S. The zero-order valence-electron chi connectivity index (χ0n) is 13.5. The lowest BCUT2D eigenvalue weighted by atomic mass is 10.1. The predicted octanol–water partition coefficient (Wildman–Crippen LogP) is 3.63. The maximum atomic E-state index is 11.6. The van der Waals surface area contributed by atoms with Crippen LogP contribution in [-0.2, 0) is 10.0 Å². The Kier molecular flexibility index (Phi) is 5.50. The van der Waals surface area contributed by atoms with Crippen molar-refractivity contribution in [2.45, 2.75) is 19.9 Å². The maximum Gasteiger partial charge on any atom is 0.232 e. The van der Waals surface area contributed by atoms with Gasteiger partial charge in [0.1, 0.15) is 5.75 Å². The van der Waals surface area contributed by atoms with Gasteiger partial charge in [-0.25, -0.2) is 8.42 Å². The lowest BCUT2D eigenvalue weighted by Gasteiger charge is -2.17. The third kappa shape index (κ3) is 4.89. The van der Waals surface area contributed by atoms with Crippen LogP contribution in [0.25, 0.3) is 0 Å². The molecule has 0 aliphatic carbocycles. The van der Waals surface area contributed by atoms with Crippen LogP contribution >= 0.6 is 0 Å². The molecule has 2 rings (SSSR count). The van der Waals surface area contributed by atoms with Crippen molar-refractivity contribution in [3.63, 3.8) is 0 Å². The Morgan fingerprint density at radius 1 is 1.09 bits per heavy atom. The quantitative estimate of drug-likeness (QED) is 0.811. The van der Waals surface area contributed by atoms with Crippen molar-refractivity contribution in [1.82, 2.24) is 0 Å². The minimum Gasteiger partial charge on any atom is -0.497 e. The van der Waals surface area contributed by atoms with E-state index in [-0.39, 0.29) is 11.8 Å². The first-order valence-corrected chi connectivity index (χ1v) is 9.10. The van der Waals surface area contributed by atoms with Crippen molar-refractivity contribution >= 4 is 21.4 Å². The maximum absolute atomic E-state index is 11.6. The molecule has 0 fully saturated rings. The van der Waals surface area contributed by atoms with Crippen molar-refractivity contribution in [2.24, 2.45) is 0 Å². The summed E-state index contributed by atoms with van der Waals surface area (Å²) in [6.07, 6.45) is 0. The molecule has 0 amide bonds. The van der Waals surface area contributed by atoms with Crippen molar-refractivity contribution in [3.8, 4) is 5.75 Å². The number of hydrogen-bond donors (Lipinski definition) is 2. The molecule has 23 heavy (non-hydrogen) atoms. The predicted molar refractivity (Wildman–Crippen MR) is 94.6 cm³/mol. The molecule has 0 bridgehead atoms. The van der Waals surface area contributed by atoms with Crippen molar-refractivity contribution in [2.75, 3.05) is 22.9 Å². The zero-order valence-corrected chi connectivity index (χ0v) is 14.4. The molecule has 0 saturated carbocycles. The van der Waals surface area contributed by atoms with Crippen LogP contribution in [0.2, 0.25) is 0 Å². The third-order valence-corrected chi connectivity index (χ3v) is 4.82. The van der Waals surface area contributed by atoms with Gasteiger partial charge in [0.25, 0.3) is 0 Å². The van der Waals surface area contributed by atoms with Crippen LogP contribution < -0.4 is 14.8 Å². The molecule has 124 valence electrons. The summed E-state index contributed by atoms with van der Waals surface area (Å²) in [7, 11) is -1.60. The number of rotatable bonds is 7. The second-order valence-corrected chi connectivity index (χ2v) is 7.24. The number of hydrogen-bond acceptors (Lipinski definition) is 4. The first-order valence-electron chi connectivity index (χ1n) is 7.44. The van der Waals surface area contributed by atoms with Crippen LogP contribution in [0.15, 0.2) is 48.5 Å². The van der Waals surface area contributed by atoms with Crippen molar-refractivity contribution in [1.29, 1.82) is 0 Å². The number of nitrogens with one attached hydrogen (secondary N) is 2. The largest absolute Gasteiger partial charge is 0.497 e. The van der Waals surface area contributed by atoms with E-state index < -0.39 is 10.0 Å². The average molecular weight is 334 g/mol. The summed E-state index contributed by atoms with van der Waals surface area (Å²) < 4.78 is 30.9. The molecule has 2 aromatic carbocycles. The molecule has 0 spiro atoms. The van der Waals surface area contributed by atoms with Gasteiger partial charge in [-0.15, -0.1) is 0 Å². The zero-order chi connectivity index (χ0) is 16.9. The van der Waals surface area contributed by atoms with Gasteiger partial charge in [-0.3, -0.25) is 4.72 Å². The van der Waals surface area contributed by atoms with Gasteiger partial charge in [0, 0.05) is 23.5 Å². The van der Waals surface area contributed by atoms with Gasteiger partial charge in [-0.05, 0) is 43.7 Å². The van der Waals surface area contributed by atoms with Gasteiger partial charge in [0.15, 0.2) is 0 Å². The molecule has 6 heteroatoms. The summed E-state index contributed by atoms with van der Waals surface area (Å²) >= 11 is 0. The van der Waals surface area contributed by atoms with Crippen molar-refractivity contribution in [3.05, 3.63) is 54.1 Å². The lowest BCUT2D eigenvalue weighted by Crippen LogP contribution is -2.14. The SMILES string of the molecule is CCS(=O)(=O)Nc1ccc(C(C)Nc2cccc(OC)c2)cc1. The second-order valence-electron chi connectivity index (χ2n) is 5.23. The Morgan fingerprint density at radius 2 is 1.78 bits per heavy atom. The van der Waals surface area contributed by atoms with Gasteiger partial charge < -0.3 is 10.1 Å². The summed E-state index contributed by atoms with van der Waals surface area (Å²) in [4.78, 5) is 0. The minimum atomic E-state index is -3.24. The van der Waals surface area contributed by atoms with E-state index in [0.717, 1.165) is 17.0 Å². The Balaban J connectivity index is 2.06. The standard InChI is InChI=1S/C17H22N2O3S/c1-4-23(20,21)19-15-10-8-14(9-11-15)13(2)18-16-6-5-7-17(12-16)22-3/h5-13,18-19H,4H2,1-3H3. The van der Waals surface area contributed by atoms with Crippen LogP contribution in [0.1, 0.15) is 25.5 Å². The average Bonchev–Trinajstić information content (AvgIpc) is 2.55. The van der Waals surface area contributed by atoms with Crippen LogP contribution in [-0.4, -0.2) is 21.3 Å². The fourth-order valence-corrected chi connectivity index (χ4v) is 2.78. The highest BCUT2D eigenvalue weighted by Crippen LogP contribution is 2.23. The van der Waals surface area contributed by atoms with Gasteiger partial charge in [0.2, 0.25) is 10.0 Å². The number of benzene rings is 2. The van der Waals surface area contributed by atoms with Crippen LogP contribution in [0.5, 0.6) is 5.75 Å². The molecule has 0 aliphatic rings. The first-order chi connectivity index (χ1) is 10.9. The van der Waals surface area contributed by atoms with E-state index in [1.807, 2.05) is 43.3 Å². The van der Waals surface area contributed by atoms with E-state index in [0.29, 0.717) is 5.69 Å². The third-order valence-electron chi connectivity index (χ3n) is 3.52. The molecule has 0 heterocycles. The highest BCUT2D eigenvalue weighted by atomic mass is 32.2. The van der Waals surface area contributed by atoms with E-state index in [9.17, 15) is 8.42 Å². The smallest absolute Gasteiger partial charge is 0.232 e. The molecule has 2 N–H and O–H groups in total. The van der Waals surface area contributed by atoms with Gasteiger partial charge in [-0.1, -0.05) is 18.2 Å². The van der Waals surface area contributed by atoms with E-state index in [4.69, 9.17) is 4.74 Å². The molecule has 1 unspecified atom stereocenters. The molecule has 1 atom stereocenters. The van der Waals surface area contributed by atoms with Crippen LogP contribution in [0.4, 0.5) is 11.4 Å². The van der Waals surface area contributed by atoms with E-state index >= 15 is 0 Å². The first kappa shape index (κ1) is 17.1. The van der Waals surface area contributed by atoms with Crippen LogP contribution in [0.3, 0.4) is 0 Å². The fraction of sp³-hybridized carbons (Fsp3) is 0.294. The summed E-state index contributed by atoms with van der Waals surface area (Å²) in [6.45, 7) is 3.65. The topological polar surface area (TPSA) is 67.4 Å². The normalized spacial score (nSPS) is 12.5. The highest BCUT2D eigenvalue weighted by Gasteiger charge is 2.09. The molecular weight excluding hydrogens is 312 g/mol. The number of ether oxygens (including phenoxy) is 1. The summed E-state index contributed by atoms with van der Waals surface area (Å²) in [5, 5.41) is 3.39. The molecule has 5 nitrogen and oxygen atoms in total. The lowest BCUT2D eigenvalue weighted by molar-refractivity contribution is 0.415. The Hall–Kier alpha value is -2.21. The van der Waals surface area contributed by atoms with E-state index in [1.165, 1.54) is 0 Å². The fourth-order valence-electron chi connectivity index (χ4n) is 2.14. The molecule has 0 saturated heterocycles. The summed E-state index contributed by atoms with van der Waals surface area (Å²) in [6, 6.07) is 15.2. The molecule has 0 aliphatic heterocycles. The summed E-state index contributed by atoms with van der Waals surface area (Å²) in [5.41, 5.74) is 2.60. The second kappa shape index (κ2) is 7.37. The molecule has 0 radical (unpaired) electrons. The monoisotopic (exact) mass is 334 g/mol. The van der Waals surface area contributed by atoms with Gasteiger partial charge in [-0.2, -0.15) is 0 Å². The van der Waals surface area contributed by atoms with Crippen molar-refractivity contribution < 1.29 is 13.2 Å². The van der Waals surface area contributed by atoms with Crippen LogP contribution in [0, 0.1) is 0 Å². The molecule has 2 aromatic rings. The Labute approximate surface area is 137 Å². The molecule has 0 aromatic heterocycles. The highest BCUT2D eigenvalue weighted by molar-refractivity contribution is 7.92. The minimum absolute atomic E-state index is 0.0581. The summed E-state index contributed by atoms with van der Waals surface area (Å²) in [5.74, 6) is 0.856.